The smallest absolute Gasteiger partial charge is 0.348 e. The van der Waals surface area contributed by atoms with Crippen LogP contribution in [0.2, 0.25) is 0 Å². The molecule has 0 saturated carbocycles. The third-order valence-corrected chi connectivity index (χ3v) is 5.30. The number of aromatic nitrogens is 5. The number of aryl methyl sites for hydroxylation is 1. The Labute approximate surface area is 212 Å². The van der Waals surface area contributed by atoms with Gasteiger partial charge in [0.1, 0.15) is 17.2 Å². The van der Waals surface area contributed by atoms with E-state index in [1.807, 2.05) is 19.9 Å². The molecule has 2 fully saturated rings. The van der Waals surface area contributed by atoms with Crippen molar-refractivity contribution in [2.45, 2.75) is 52.4 Å². The molecule has 5 heterocycles. The molecule has 1 amide bonds. The summed E-state index contributed by atoms with van der Waals surface area (Å²) in [6.45, 7) is 8.80. The van der Waals surface area contributed by atoms with Crippen molar-refractivity contribution in [2.75, 3.05) is 30.5 Å². The van der Waals surface area contributed by atoms with E-state index in [1.54, 1.807) is 6.20 Å². The highest BCUT2D eigenvalue weighted by Gasteiger charge is 2.42. The number of nitrogens with zero attached hydrogens (tertiary/aromatic N) is 6. The van der Waals surface area contributed by atoms with Gasteiger partial charge in [0.05, 0.1) is 19.1 Å². The van der Waals surface area contributed by atoms with Gasteiger partial charge in [-0.25, -0.2) is 9.50 Å². The molecule has 2 atom stereocenters. The molecule has 14 heteroatoms. The fourth-order valence-electron chi connectivity index (χ4n) is 4.00. The molecule has 2 aliphatic heterocycles. The Morgan fingerprint density at radius 3 is 2.27 bits per heavy atom. The zero-order valence-corrected chi connectivity index (χ0v) is 21.6. The Balaban J connectivity index is 0.000000541. The molecule has 5 rings (SSSR count). The van der Waals surface area contributed by atoms with Gasteiger partial charge >= 0.3 is 6.18 Å². The standard InChI is InChI=1S/C17H17F3N8O.C3H6O.C2H6.CH3F/c1-26-8-12(14(25-26)17(18,19)20)23-16(29)11-7-22-27-3-2-13(24-15(11)27)28-9-4-10(28)6-21-5-9;1-3(2)4;2*1-2/h2-3,7-10,21H,4-6H2,1H3,(H,23,29);1-2H3;1-2H3;1H3/t9-,10+;;;. The maximum atomic E-state index is 13.1. The number of nitrogens with one attached hydrogen (secondary N) is 2. The highest BCUT2D eigenvalue weighted by atomic mass is 19.4. The number of fused-ring (bicyclic) bond motifs is 3. The van der Waals surface area contributed by atoms with Crippen LogP contribution in [0.1, 0.15) is 50.2 Å². The van der Waals surface area contributed by atoms with Crippen LogP contribution in [0.5, 0.6) is 0 Å². The van der Waals surface area contributed by atoms with E-state index in [9.17, 15) is 27.2 Å². The van der Waals surface area contributed by atoms with Crippen LogP contribution in [0, 0.1) is 0 Å². The number of alkyl halides is 4. The highest BCUT2D eigenvalue weighted by Crippen LogP contribution is 2.35. The summed E-state index contributed by atoms with van der Waals surface area (Å²) in [7, 11) is 1.85. The minimum atomic E-state index is -4.68. The molecule has 0 aliphatic carbocycles. The summed E-state index contributed by atoms with van der Waals surface area (Å²) in [6.07, 6.45) is 0.512. The number of carbonyl (C=O) groups excluding carboxylic acids is 2. The molecule has 204 valence electrons. The van der Waals surface area contributed by atoms with Crippen LogP contribution in [0.4, 0.5) is 29.1 Å². The number of piperidine rings is 1. The van der Waals surface area contributed by atoms with Crippen molar-refractivity contribution in [1.82, 2.24) is 29.7 Å². The lowest BCUT2D eigenvalue weighted by Gasteiger charge is -2.53. The summed E-state index contributed by atoms with van der Waals surface area (Å²) in [5.74, 6) is 0.167. The normalized spacial score (nSPS) is 17.7. The summed E-state index contributed by atoms with van der Waals surface area (Å²) in [4.78, 5) is 28.9. The lowest BCUT2D eigenvalue weighted by molar-refractivity contribution is -0.140. The molecular formula is C23H32F4N8O2. The second kappa shape index (κ2) is 12.6. The molecule has 0 unspecified atom stereocenters. The van der Waals surface area contributed by atoms with Crippen LogP contribution in [0.15, 0.2) is 24.7 Å². The average molecular weight is 529 g/mol. The lowest BCUT2D eigenvalue weighted by atomic mass is 9.89. The summed E-state index contributed by atoms with van der Waals surface area (Å²) >= 11 is 0. The molecule has 3 aromatic heterocycles. The Morgan fingerprint density at radius 1 is 1.14 bits per heavy atom. The molecule has 37 heavy (non-hydrogen) atoms. The molecule has 10 nitrogen and oxygen atoms in total. The number of Topliss-reactive ketones (excluding diaryl/α,β-unsaturated/α-hetero) is 1. The van der Waals surface area contributed by atoms with E-state index in [-0.39, 0.29) is 17.0 Å². The molecule has 0 spiro atoms. The first-order valence-electron chi connectivity index (χ1n) is 11.6. The average Bonchev–Trinajstić information content (AvgIpc) is 3.44. The number of carbonyl (C=O) groups is 2. The third kappa shape index (κ3) is 6.81. The molecule has 2 saturated heterocycles. The van der Waals surface area contributed by atoms with Crippen LogP contribution in [0.25, 0.3) is 5.65 Å². The van der Waals surface area contributed by atoms with Crippen LogP contribution < -0.4 is 15.5 Å². The van der Waals surface area contributed by atoms with Gasteiger partial charge in [-0.05, 0) is 26.3 Å². The maximum Gasteiger partial charge on any atom is 0.437 e. The maximum absolute atomic E-state index is 13.1. The highest BCUT2D eigenvalue weighted by molar-refractivity contribution is 6.08. The van der Waals surface area contributed by atoms with Crippen molar-refractivity contribution in [2.24, 2.45) is 7.05 Å². The van der Waals surface area contributed by atoms with E-state index in [0.717, 1.165) is 36.2 Å². The van der Waals surface area contributed by atoms with Gasteiger partial charge in [0.25, 0.3) is 5.91 Å². The quantitative estimate of drug-likeness (QED) is 0.501. The van der Waals surface area contributed by atoms with Crippen LogP contribution >= 0.6 is 0 Å². The van der Waals surface area contributed by atoms with Crippen molar-refractivity contribution in [3.8, 4) is 0 Å². The number of ketones is 1. The summed E-state index contributed by atoms with van der Waals surface area (Å²) in [5.41, 5.74) is -1.19. The fourth-order valence-corrected chi connectivity index (χ4v) is 4.00. The number of rotatable bonds is 3. The Morgan fingerprint density at radius 2 is 1.73 bits per heavy atom. The number of hydrogen-bond acceptors (Lipinski definition) is 7. The fraction of sp³-hybridized carbons (Fsp3) is 0.522. The first-order valence-corrected chi connectivity index (χ1v) is 11.6. The van der Waals surface area contributed by atoms with E-state index in [4.69, 9.17) is 0 Å². The Kier molecular flexibility index (Phi) is 10.1. The van der Waals surface area contributed by atoms with Crippen molar-refractivity contribution < 1.29 is 27.2 Å². The van der Waals surface area contributed by atoms with Gasteiger partial charge in [0.2, 0.25) is 0 Å². The molecule has 2 bridgehead atoms. The summed E-state index contributed by atoms with van der Waals surface area (Å²) < 4.78 is 51.4. The molecule has 2 N–H and O–H groups in total. The Hall–Kier alpha value is -3.55. The number of anilines is 2. The number of piperazine rings is 1. The topological polar surface area (TPSA) is 109 Å². The predicted molar refractivity (Wildman–Crippen MR) is 131 cm³/mol. The van der Waals surface area contributed by atoms with Gasteiger partial charge in [0.15, 0.2) is 11.3 Å². The van der Waals surface area contributed by atoms with Crippen molar-refractivity contribution in [1.29, 1.82) is 0 Å². The molecule has 0 aromatic carbocycles. The first-order chi connectivity index (χ1) is 17.5. The van der Waals surface area contributed by atoms with Gasteiger partial charge in [-0.15, -0.1) is 0 Å². The third-order valence-electron chi connectivity index (χ3n) is 5.30. The number of hydrogen-bond donors (Lipinski definition) is 2. The van der Waals surface area contributed by atoms with Gasteiger partial charge in [-0.3, -0.25) is 13.9 Å². The predicted octanol–water partition coefficient (Wildman–Crippen LogP) is 3.49. The second-order valence-corrected chi connectivity index (χ2v) is 8.15. The van der Waals surface area contributed by atoms with Crippen LogP contribution in [0.3, 0.4) is 0 Å². The minimum Gasteiger partial charge on any atom is -0.348 e. The van der Waals surface area contributed by atoms with E-state index >= 15 is 0 Å². The SMILES string of the molecule is CC.CC(C)=O.CF.Cn1cc(NC(=O)c2cnn3ccc(N4[C@@H]5CNC[C@H]4C5)nc23)c(C(F)(F)F)n1. The summed E-state index contributed by atoms with van der Waals surface area (Å²) in [5, 5.41) is 13.1. The summed E-state index contributed by atoms with van der Waals surface area (Å²) in [6, 6.07) is 2.54. The van der Waals surface area contributed by atoms with Crippen LogP contribution in [-0.2, 0) is 18.0 Å². The molecule has 3 aromatic rings. The van der Waals surface area contributed by atoms with E-state index in [0.29, 0.717) is 19.3 Å². The first kappa shape index (κ1) is 29.7. The molecule has 2 aliphatic rings. The van der Waals surface area contributed by atoms with E-state index in [1.165, 1.54) is 31.6 Å². The zero-order valence-electron chi connectivity index (χ0n) is 21.6. The monoisotopic (exact) mass is 528 g/mol. The van der Waals surface area contributed by atoms with Crippen LogP contribution in [-0.4, -0.2) is 68.4 Å². The lowest BCUT2D eigenvalue weighted by Crippen LogP contribution is -2.68. The number of halogens is 4. The second-order valence-electron chi connectivity index (χ2n) is 8.15. The van der Waals surface area contributed by atoms with Gasteiger partial charge in [-0.2, -0.15) is 23.4 Å². The molecular weight excluding hydrogens is 496 g/mol. The van der Waals surface area contributed by atoms with Gasteiger partial charge in [-0.1, -0.05) is 13.8 Å². The number of amides is 1. The molecule has 0 radical (unpaired) electrons. The van der Waals surface area contributed by atoms with Crippen molar-refractivity contribution in [3.05, 3.63) is 35.9 Å². The van der Waals surface area contributed by atoms with Crippen molar-refractivity contribution in [3.63, 3.8) is 0 Å². The minimum absolute atomic E-state index is 0.0904. The van der Waals surface area contributed by atoms with Crippen molar-refractivity contribution >= 4 is 28.8 Å². The zero-order chi connectivity index (χ0) is 27.9. The van der Waals surface area contributed by atoms with E-state index in [2.05, 4.69) is 30.7 Å². The van der Waals surface area contributed by atoms with Gasteiger partial charge in [0, 0.05) is 44.6 Å². The van der Waals surface area contributed by atoms with E-state index < -0.39 is 23.5 Å². The van der Waals surface area contributed by atoms with Gasteiger partial charge < -0.3 is 20.3 Å². The Bertz CT molecular complexity index is 1190. The largest absolute Gasteiger partial charge is 0.437 e.